The van der Waals surface area contributed by atoms with E-state index in [9.17, 15) is 9.90 Å². The Morgan fingerprint density at radius 2 is 1.85 bits per heavy atom. The molecule has 0 spiro atoms. The first kappa shape index (κ1) is 16.8. The van der Waals surface area contributed by atoms with E-state index < -0.39 is 0 Å². The zero-order valence-corrected chi connectivity index (χ0v) is 15.6. The number of anilines is 1. The largest absolute Gasteiger partial charge is 0.508 e. The number of rotatable bonds is 2. The first-order valence-electron chi connectivity index (χ1n) is 8.35. The number of hydrogen-bond acceptors (Lipinski definition) is 5. The number of halogens is 1. The topological polar surface area (TPSA) is 69.6 Å². The summed E-state index contributed by atoms with van der Waals surface area (Å²) in [5, 5.41) is 10.6. The van der Waals surface area contributed by atoms with Crippen LogP contribution in [0.3, 0.4) is 0 Å². The van der Waals surface area contributed by atoms with Gasteiger partial charge < -0.3 is 14.9 Å². The van der Waals surface area contributed by atoms with Gasteiger partial charge in [-0.15, -0.1) is 0 Å². The molecule has 0 radical (unpaired) electrons. The lowest BCUT2D eigenvalue weighted by Crippen LogP contribution is -2.49. The van der Waals surface area contributed by atoms with Gasteiger partial charge in [0, 0.05) is 41.6 Å². The van der Waals surface area contributed by atoms with E-state index in [1.807, 2.05) is 23.1 Å². The van der Waals surface area contributed by atoms with Crippen molar-refractivity contribution in [1.29, 1.82) is 0 Å². The second kappa shape index (κ2) is 6.92. The fraction of sp³-hybridized carbons (Fsp3) is 0.211. The highest BCUT2D eigenvalue weighted by atomic mass is 79.9. The molecule has 26 heavy (non-hydrogen) atoms. The minimum Gasteiger partial charge on any atom is -0.508 e. The van der Waals surface area contributed by atoms with E-state index in [-0.39, 0.29) is 11.7 Å². The van der Waals surface area contributed by atoms with Crippen molar-refractivity contribution in [1.82, 2.24) is 14.9 Å². The Balaban J connectivity index is 1.52. The summed E-state index contributed by atoms with van der Waals surface area (Å²) in [6.07, 6.45) is 1.58. The van der Waals surface area contributed by atoms with E-state index in [1.165, 1.54) is 6.07 Å². The Morgan fingerprint density at radius 1 is 1.04 bits per heavy atom. The van der Waals surface area contributed by atoms with Crippen molar-refractivity contribution in [2.45, 2.75) is 0 Å². The summed E-state index contributed by atoms with van der Waals surface area (Å²) < 4.78 is 0.985. The van der Waals surface area contributed by atoms with E-state index >= 15 is 0 Å². The van der Waals surface area contributed by atoms with Gasteiger partial charge in [-0.25, -0.2) is 9.97 Å². The molecule has 1 amide bonds. The molecular formula is C19H17BrN4O2. The lowest BCUT2D eigenvalue weighted by molar-refractivity contribution is 0.0746. The van der Waals surface area contributed by atoms with E-state index in [0.29, 0.717) is 31.7 Å². The van der Waals surface area contributed by atoms with Crippen LogP contribution in [0.15, 0.2) is 53.3 Å². The molecule has 132 valence electrons. The van der Waals surface area contributed by atoms with Gasteiger partial charge in [0.2, 0.25) is 0 Å². The Kier molecular flexibility index (Phi) is 4.46. The number of phenols is 1. The quantitative estimate of drug-likeness (QED) is 0.700. The molecule has 1 saturated heterocycles. The molecule has 1 N–H and O–H groups in total. The van der Waals surface area contributed by atoms with Gasteiger partial charge in [0.25, 0.3) is 5.91 Å². The minimum absolute atomic E-state index is 0.0594. The van der Waals surface area contributed by atoms with Crippen LogP contribution in [0.1, 0.15) is 10.4 Å². The zero-order chi connectivity index (χ0) is 18.1. The van der Waals surface area contributed by atoms with Gasteiger partial charge in [-0.1, -0.05) is 22.0 Å². The number of phenolic OH excluding ortho intramolecular Hbond substituents is 1. The number of amides is 1. The fourth-order valence-electron chi connectivity index (χ4n) is 3.21. The Labute approximate surface area is 159 Å². The summed E-state index contributed by atoms with van der Waals surface area (Å²) >= 11 is 3.50. The molecule has 4 rings (SSSR count). The van der Waals surface area contributed by atoms with E-state index in [2.05, 4.69) is 30.8 Å². The van der Waals surface area contributed by atoms with E-state index in [1.54, 1.807) is 24.5 Å². The number of hydrogen-bond donors (Lipinski definition) is 1. The van der Waals surface area contributed by atoms with Crippen LogP contribution in [0.25, 0.3) is 10.9 Å². The molecule has 1 aliphatic rings. The van der Waals surface area contributed by atoms with Crippen LogP contribution in [0.2, 0.25) is 0 Å². The summed E-state index contributed by atoms with van der Waals surface area (Å²) in [5.74, 6) is 0.934. The average molecular weight is 413 g/mol. The SMILES string of the molecule is O=C(c1cccc(O)c1)N1CCN(c2ncnc3ccc(Br)cc23)CC1. The Bertz CT molecular complexity index is 971. The lowest BCUT2D eigenvalue weighted by Gasteiger charge is -2.35. The summed E-state index contributed by atoms with van der Waals surface area (Å²) in [6, 6.07) is 12.4. The predicted molar refractivity (Wildman–Crippen MR) is 103 cm³/mol. The van der Waals surface area contributed by atoms with Gasteiger partial charge in [-0.3, -0.25) is 4.79 Å². The van der Waals surface area contributed by atoms with Crippen LogP contribution in [-0.4, -0.2) is 52.1 Å². The van der Waals surface area contributed by atoms with Crippen molar-refractivity contribution in [3.63, 3.8) is 0 Å². The molecule has 6 nitrogen and oxygen atoms in total. The third-order valence-electron chi connectivity index (χ3n) is 4.54. The smallest absolute Gasteiger partial charge is 0.254 e. The molecule has 2 aromatic carbocycles. The van der Waals surface area contributed by atoms with Gasteiger partial charge in [0.1, 0.15) is 17.9 Å². The molecule has 1 aromatic heterocycles. The first-order valence-corrected chi connectivity index (χ1v) is 9.14. The number of fused-ring (bicyclic) bond motifs is 1. The number of piperazine rings is 1. The van der Waals surface area contributed by atoms with Crippen molar-refractivity contribution in [3.8, 4) is 5.75 Å². The second-order valence-electron chi connectivity index (χ2n) is 6.19. The van der Waals surface area contributed by atoms with Crippen LogP contribution < -0.4 is 4.90 Å². The number of carbonyl (C=O) groups excluding carboxylic acids is 1. The molecule has 3 aromatic rings. The van der Waals surface area contributed by atoms with Crippen molar-refractivity contribution in [2.24, 2.45) is 0 Å². The van der Waals surface area contributed by atoms with Gasteiger partial charge in [-0.2, -0.15) is 0 Å². The average Bonchev–Trinajstić information content (AvgIpc) is 2.67. The number of benzene rings is 2. The molecule has 0 atom stereocenters. The van der Waals surface area contributed by atoms with Crippen molar-refractivity contribution < 1.29 is 9.90 Å². The maximum Gasteiger partial charge on any atom is 0.254 e. The van der Waals surface area contributed by atoms with E-state index in [4.69, 9.17) is 0 Å². The molecule has 0 aliphatic carbocycles. The highest BCUT2D eigenvalue weighted by Gasteiger charge is 2.24. The molecule has 1 aliphatic heterocycles. The van der Waals surface area contributed by atoms with Crippen molar-refractivity contribution >= 4 is 38.6 Å². The molecule has 2 heterocycles. The standard InChI is InChI=1S/C19H17BrN4O2/c20-14-4-5-17-16(11-14)18(22-12-21-17)23-6-8-24(9-7-23)19(26)13-2-1-3-15(25)10-13/h1-5,10-12,25H,6-9H2. The monoisotopic (exact) mass is 412 g/mol. The predicted octanol–water partition coefficient (Wildman–Crippen LogP) is 3.06. The minimum atomic E-state index is -0.0594. The number of nitrogens with zero attached hydrogens (tertiary/aromatic N) is 4. The Hall–Kier alpha value is -2.67. The maximum atomic E-state index is 12.6. The summed E-state index contributed by atoms with van der Waals surface area (Å²) in [6.45, 7) is 2.61. The maximum absolute atomic E-state index is 12.6. The van der Waals surface area contributed by atoms with Gasteiger partial charge >= 0.3 is 0 Å². The zero-order valence-electron chi connectivity index (χ0n) is 14.0. The molecule has 1 fully saturated rings. The first-order chi connectivity index (χ1) is 12.6. The molecule has 0 unspecified atom stereocenters. The molecular weight excluding hydrogens is 396 g/mol. The molecule has 7 heteroatoms. The molecule has 0 bridgehead atoms. The van der Waals surface area contributed by atoms with Gasteiger partial charge in [0.05, 0.1) is 5.52 Å². The number of aromatic hydroxyl groups is 1. The van der Waals surface area contributed by atoms with Crippen LogP contribution in [0, 0.1) is 0 Å². The second-order valence-corrected chi connectivity index (χ2v) is 7.10. The summed E-state index contributed by atoms with van der Waals surface area (Å²) in [5.41, 5.74) is 1.41. The molecule has 0 saturated carbocycles. The third-order valence-corrected chi connectivity index (χ3v) is 5.03. The van der Waals surface area contributed by atoms with Gasteiger partial charge in [0.15, 0.2) is 0 Å². The Morgan fingerprint density at radius 3 is 2.62 bits per heavy atom. The normalized spacial score (nSPS) is 14.7. The van der Waals surface area contributed by atoms with Crippen LogP contribution in [0.5, 0.6) is 5.75 Å². The number of carbonyl (C=O) groups is 1. The highest BCUT2D eigenvalue weighted by Crippen LogP contribution is 2.27. The van der Waals surface area contributed by atoms with Crippen LogP contribution in [-0.2, 0) is 0 Å². The van der Waals surface area contributed by atoms with Crippen molar-refractivity contribution in [2.75, 3.05) is 31.1 Å². The summed E-state index contributed by atoms with van der Waals surface area (Å²) in [7, 11) is 0. The third kappa shape index (κ3) is 3.22. The summed E-state index contributed by atoms with van der Waals surface area (Å²) in [4.78, 5) is 25.4. The van der Waals surface area contributed by atoms with E-state index in [0.717, 1.165) is 21.2 Å². The van der Waals surface area contributed by atoms with Gasteiger partial charge in [-0.05, 0) is 36.4 Å². The fourth-order valence-corrected chi connectivity index (χ4v) is 3.57. The highest BCUT2D eigenvalue weighted by molar-refractivity contribution is 9.10. The number of aromatic nitrogens is 2. The van der Waals surface area contributed by atoms with Crippen molar-refractivity contribution in [3.05, 3.63) is 58.8 Å². The lowest BCUT2D eigenvalue weighted by atomic mass is 10.1. The van der Waals surface area contributed by atoms with Crippen LogP contribution >= 0.6 is 15.9 Å². The van der Waals surface area contributed by atoms with Crippen LogP contribution in [0.4, 0.5) is 5.82 Å².